The number of aryl methyl sites for hydroxylation is 2. The van der Waals surface area contributed by atoms with E-state index in [9.17, 15) is 19.2 Å². The van der Waals surface area contributed by atoms with E-state index >= 15 is 0 Å². The van der Waals surface area contributed by atoms with Gasteiger partial charge in [-0.1, -0.05) is 36.4 Å². The van der Waals surface area contributed by atoms with Gasteiger partial charge in [-0.05, 0) is 24.6 Å². The van der Waals surface area contributed by atoms with Crippen molar-refractivity contribution in [1.29, 1.82) is 0 Å². The van der Waals surface area contributed by atoms with Crippen molar-refractivity contribution in [2.45, 2.75) is 13.5 Å². The van der Waals surface area contributed by atoms with Crippen molar-refractivity contribution in [2.24, 2.45) is 7.05 Å². The molecule has 2 amide bonds. The SMILES string of the molecule is Cc1[nH]n(C)c(=O)c1C(=O)c1ccc2c(c1)C(=O)N(Cc1ccccc1)C2=O. The molecule has 0 spiro atoms. The van der Waals surface area contributed by atoms with Gasteiger partial charge in [-0.2, -0.15) is 0 Å². The van der Waals surface area contributed by atoms with E-state index in [0.717, 1.165) is 10.5 Å². The fraction of sp³-hybridized carbons (Fsp3) is 0.143. The van der Waals surface area contributed by atoms with Gasteiger partial charge >= 0.3 is 0 Å². The summed E-state index contributed by atoms with van der Waals surface area (Å²) in [5, 5.41) is 2.78. The van der Waals surface area contributed by atoms with E-state index in [1.54, 1.807) is 6.92 Å². The zero-order chi connectivity index (χ0) is 20.0. The third kappa shape index (κ3) is 2.68. The normalized spacial score (nSPS) is 13.1. The molecule has 0 aliphatic carbocycles. The third-order valence-corrected chi connectivity index (χ3v) is 4.87. The number of benzene rings is 2. The Labute approximate surface area is 160 Å². The first-order valence-corrected chi connectivity index (χ1v) is 8.73. The van der Waals surface area contributed by atoms with E-state index in [0.29, 0.717) is 5.69 Å². The molecule has 0 unspecified atom stereocenters. The van der Waals surface area contributed by atoms with Gasteiger partial charge in [0.05, 0.1) is 17.7 Å². The molecule has 3 aromatic rings. The number of hydrogen-bond acceptors (Lipinski definition) is 4. The van der Waals surface area contributed by atoms with E-state index < -0.39 is 23.2 Å². The summed E-state index contributed by atoms with van der Waals surface area (Å²) in [6.07, 6.45) is 0. The number of nitrogens with zero attached hydrogens (tertiary/aromatic N) is 2. The van der Waals surface area contributed by atoms with E-state index in [-0.39, 0.29) is 28.8 Å². The monoisotopic (exact) mass is 375 g/mol. The molecule has 1 aliphatic heterocycles. The Morgan fingerprint density at radius 2 is 1.64 bits per heavy atom. The molecular formula is C21H17N3O4. The number of rotatable bonds is 4. The number of amides is 2. The van der Waals surface area contributed by atoms with Gasteiger partial charge in [0.1, 0.15) is 5.56 Å². The molecule has 1 aliphatic rings. The van der Waals surface area contributed by atoms with Gasteiger partial charge in [0.25, 0.3) is 17.4 Å². The van der Waals surface area contributed by atoms with Gasteiger partial charge in [0.15, 0.2) is 5.78 Å². The second-order valence-corrected chi connectivity index (χ2v) is 6.75. The number of carbonyl (C=O) groups is 3. The maximum absolute atomic E-state index is 12.8. The van der Waals surface area contributed by atoms with E-state index in [4.69, 9.17) is 0 Å². The van der Waals surface area contributed by atoms with E-state index in [2.05, 4.69) is 5.10 Å². The minimum absolute atomic E-state index is 0.0281. The van der Waals surface area contributed by atoms with Gasteiger partial charge in [-0.25, -0.2) is 0 Å². The zero-order valence-corrected chi connectivity index (χ0v) is 15.4. The maximum atomic E-state index is 12.8. The Hall–Kier alpha value is -3.74. The minimum Gasteiger partial charge on any atom is -0.299 e. The molecule has 28 heavy (non-hydrogen) atoms. The topological polar surface area (TPSA) is 92.2 Å². The average molecular weight is 375 g/mol. The first-order valence-electron chi connectivity index (χ1n) is 8.73. The number of nitrogens with one attached hydrogen (secondary N) is 1. The van der Waals surface area contributed by atoms with Crippen LogP contribution in [0.2, 0.25) is 0 Å². The average Bonchev–Trinajstić information content (AvgIpc) is 3.08. The van der Waals surface area contributed by atoms with Crippen molar-refractivity contribution in [3.63, 3.8) is 0 Å². The van der Waals surface area contributed by atoms with Crippen LogP contribution in [0, 0.1) is 6.92 Å². The molecular weight excluding hydrogens is 358 g/mol. The lowest BCUT2D eigenvalue weighted by molar-refractivity contribution is 0.0642. The van der Waals surface area contributed by atoms with Crippen LogP contribution < -0.4 is 5.56 Å². The van der Waals surface area contributed by atoms with Gasteiger partial charge in [-0.15, -0.1) is 0 Å². The van der Waals surface area contributed by atoms with Crippen LogP contribution >= 0.6 is 0 Å². The van der Waals surface area contributed by atoms with E-state index in [1.165, 1.54) is 29.9 Å². The van der Waals surface area contributed by atoms with Crippen molar-refractivity contribution in [3.05, 3.63) is 92.4 Å². The highest BCUT2D eigenvalue weighted by Crippen LogP contribution is 2.26. The Morgan fingerprint density at radius 1 is 0.964 bits per heavy atom. The summed E-state index contributed by atoms with van der Waals surface area (Å²) in [4.78, 5) is 51.6. The molecule has 1 N–H and O–H groups in total. The molecule has 7 heteroatoms. The van der Waals surface area contributed by atoms with Crippen LogP contribution in [-0.2, 0) is 13.6 Å². The largest absolute Gasteiger partial charge is 0.299 e. The fourth-order valence-electron chi connectivity index (χ4n) is 3.44. The Morgan fingerprint density at radius 3 is 2.29 bits per heavy atom. The number of fused-ring (bicyclic) bond motifs is 1. The van der Waals surface area contributed by atoms with Gasteiger partial charge in [0.2, 0.25) is 0 Å². The molecule has 2 aromatic carbocycles. The van der Waals surface area contributed by atoms with Crippen LogP contribution in [0.5, 0.6) is 0 Å². The molecule has 2 heterocycles. The quantitative estimate of drug-likeness (QED) is 0.558. The summed E-state index contributed by atoms with van der Waals surface area (Å²) >= 11 is 0. The number of aromatic amines is 1. The molecule has 4 rings (SSSR count). The number of H-pyrrole nitrogens is 1. The van der Waals surface area contributed by atoms with Gasteiger partial charge in [-0.3, -0.25) is 33.9 Å². The second-order valence-electron chi connectivity index (χ2n) is 6.75. The summed E-state index contributed by atoms with van der Waals surface area (Å²) in [5.41, 5.74) is 1.51. The van der Waals surface area contributed by atoms with Gasteiger partial charge < -0.3 is 0 Å². The minimum atomic E-state index is -0.482. The second kappa shape index (κ2) is 6.45. The lowest BCUT2D eigenvalue weighted by Crippen LogP contribution is -2.29. The van der Waals surface area contributed by atoms with Crippen LogP contribution in [-0.4, -0.2) is 32.3 Å². The smallest absolute Gasteiger partial charge is 0.277 e. The molecule has 140 valence electrons. The molecule has 7 nitrogen and oxygen atoms in total. The predicted octanol–water partition coefficient (Wildman–Crippen LogP) is 2.05. The highest BCUT2D eigenvalue weighted by atomic mass is 16.2. The Kier molecular flexibility index (Phi) is 4.07. The highest BCUT2D eigenvalue weighted by molar-refractivity contribution is 6.22. The van der Waals surface area contributed by atoms with Crippen LogP contribution in [0.25, 0.3) is 0 Å². The van der Waals surface area contributed by atoms with Crippen molar-refractivity contribution < 1.29 is 14.4 Å². The zero-order valence-electron chi connectivity index (χ0n) is 15.4. The van der Waals surface area contributed by atoms with Crippen LogP contribution in [0.4, 0.5) is 0 Å². The predicted molar refractivity (Wildman–Crippen MR) is 101 cm³/mol. The molecule has 0 saturated carbocycles. The van der Waals surface area contributed by atoms with Gasteiger partial charge in [0, 0.05) is 18.3 Å². The van der Waals surface area contributed by atoms with Crippen LogP contribution in [0.3, 0.4) is 0 Å². The standard InChI is InChI=1S/C21H17N3O4/c1-12-17(21(28)23(2)22-12)18(25)14-8-9-15-16(10-14)20(27)24(19(15)26)11-13-6-4-3-5-7-13/h3-10,22H,11H2,1-2H3. The van der Waals surface area contributed by atoms with Crippen molar-refractivity contribution >= 4 is 17.6 Å². The molecule has 0 saturated heterocycles. The molecule has 1 aromatic heterocycles. The number of hydrogen-bond donors (Lipinski definition) is 1. The first-order chi connectivity index (χ1) is 13.4. The summed E-state index contributed by atoms with van der Waals surface area (Å²) in [6, 6.07) is 13.6. The summed E-state index contributed by atoms with van der Waals surface area (Å²) in [5.74, 6) is -1.32. The van der Waals surface area contributed by atoms with Crippen LogP contribution in [0.15, 0.2) is 53.3 Å². The fourth-order valence-corrected chi connectivity index (χ4v) is 3.44. The molecule has 0 radical (unpaired) electrons. The number of carbonyl (C=O) groups excluding carboxylic acids is 3. The number of aromatic nitrogens is 2. The number of imide groups is 1. The first kappa shape index (κ1) is 17.7. The Balaban J connectivity index is 1.69. The third-order valence-electron chi connectivity index (χ3n) is 4.87. The lowest BCUT2D eigenvalue weighted by atomic mass is 9.99. The number of ketones is 1. The summed E-state index contributed by atoms with van der Waals surface area (Å²) in [6.45, 7) is 1.80. The maximum Gasteiger partial charge on any atom is 0.277 e. The molecule has 0 fully saturated rings. The molecule has 0 atom stereocenters. The summed E-state index contributed by atoms with van der Waals surface area (Å²) in [7, 11) is 1.53. The van der Waals surface area contributed by atoms with Crippen LogP contribution in [0.1, 0.15) is 47.9 Å². The highest BCUT2D eigenvalue weighted by Gasteiger charge is 2.36. The van der Waals surface area contributed by atoms with Crippen molar-refractivity contribution in [2.75, 3.05) is 0 Å². The Bertz CT molecular complexity index is 1190. The van der Waals surface area contributed by atoms with Crippen molar-refractivity contribution in [1.82, 2.24) is 14.7 Å². The summed E-state index contributed by atoms with van der Waals surface area (Å²) < 4.78 is 1.23. The van der Waals surface area contributed by atoms with E-state index in [1.807, 2.05) is 30.3 Å². The molecule has 0 bridgehead atoms. The van der Waals surface area contributed by atoms with Crippen molar-refractivity contribution in [3.8, 4) is 0 Å². The lowest BCUT2D eigenvalue weighted by Gasteiger charge is -2.13.